The highest BCUT2D eigenvalue weighted by molar-refractivity contribution is 5.98. The average molecular weight is 356 g/mol. The molecular weight excluding hydrogens is 326 g/mol. The van der Waals surface area contributed by atoms with Crippen molar-refractivity contribution in [3.05, 3.63) is 65.7 Å². The molecular formula is C22H30NO3+. The van der Waals surface area contributed by atoms with Crippen molar-refractivity contribution < 1.29 is 20.0 Å². The van der Waals surface area contributed by atoms with Crippen LogP contribution in [0.15, 0.2) is 54.6 Å². The largest absolute Gasteiger partial charge is 0.490 e. The van der Waals surface area contributed by atoms with E-state index in [1.165, 1.54) is 0 Å². The van der Waals surface area contributed by atoms with Crippen LogP contribution in [0.4, 0.5) is 0 Å². The van der Waals surface area contributed by atoms with Gasteiger partial charge in [-0.05, 0) is 44.9 Å². The minimum Gasteiger partial charge on any atom is -0.490 e. The smallest absolute Gasteiger partial charge is 0.166 e. The van der Waals surface area contributed by atoms with E-state index in [1.54, 1.807) is 12.1 Å². The Balaban J connectivity index is 1.91. The summed E-state index contributed by atoms with van der Waals surface area (Å²) in [5.74, 6) is 0.598. The van der Waals surface area contributed by atoms with Gasteiger partial charge < -0.3 is 15.2 Å². The van der Waals surface area contributed by atoms with Crippen molar-refractivity contribution >= 4 is 5.78 Å². The number of aryl methyl sites for hydroxylation is 1. The zero-order valence-corrected chi connectivity index (χ0v) is 15.9. The van der Waals surface area contributed by atoms with Crippen molar-refractivity contribution in [1.82, 2.24) is 0 Å². The number of ketones is 1. The Hall–Kier alpha value is -2.17. The molecule has 0 fully saturated rings. The standard InChI is InChI=1S/C22H29NO3/c1-22(2,3)23-15-18(24)16-26-21-12-8-7-11-19(21)20(25)14-13-17-9-5-4-6-10-17/h4-12,18,23-24H,13-16H2,1-3H3/p+1/t18-/m0/s1. The fraction of sp³-hybridized carbons (Fsp3) is 0.409. The molecule has 4 heteroatoms. The quantitative estimate of drug-likeness (QED) is 0.679. The number of Topliss-reactive ketones (excluding diaryl/α,β-unsaturated/α-hetero) is 1. The topological polar surface area (TPSA) is 63.1 Å². The maximum atomic E-state index is 12.6. The van der Waals surface area contributed by atoms with Gasteiger partial charge in [0.05, 0.1) is 11.1 Å². The van der Waals surface area contributed by atoms with Gasteiger partial charge in [-0.3, -0.25) is 4.79 Å². The van der Waals surface area contributed by atoms with Gasteiger partial charge in [0.2, 0.25) is 0 Å². The van der Waals surface area contributed by atoms with Crippen LogP contribution in [0.1, 0.15) is 43.1 Å². The summed E-state index contributed by atoms with van der Waals surface area (Å²) in [5, 5.41) is 12.2. The maximum absolute atomic E-state index is 12.6. The summed E-state index contributed by atoms with van der Waals surface area (Å²) < 4.78 is 5.75. The molecule has 0 aliphatic carbocycles. The normalized spacial score (nSPS) is 12.6. The van der Waals surface area contributed by atoms with Crippen LogP contribution in [0.25, 0.3) is 0 Å². The number of aliphatic hydroxyl groups excluding tert-OH is 1. The van der Waals surface area contributed by atoms with Gasteiger partial charge in [0.1, 0.15) is 25.0 Å². The second-order valence-electron chi connectivity index (χ2n) is 7.68. The fourth-order valence-electron chi connectivity index (χ4n) is 2.60. The Morgan fingerprint density at radius 2 is 1.73 bits per heavy atom. The van der Waals surface area contributed by atoms with Gasteiger partial charge in [-0.2, -0.15) is 0 Å². The minimum absolute atomic E-state index is 0.0557. The van der Waals surface area contributed by atoms with E-state index in [0.29, 0.717) is 30.7 Å². The Labute approximate surface area is 156 Å². The highest BCUT2D eigenvalue weighted by Gasteiger charge is 2.18. The van der Waals surface area contributed by atoms with Gasteiger partial charge in [0, 0.05) is 6.42 Å². The number of nitrogens with two attached hydrogens (primary N) is 1. The lowest BCUT2D eigenvalue weighted by Crippen LogP contribution is -2.96. The second-order valence-corrected chi connectivity index (χ2v) is 7.68. The molecule has 26 heavy (non-hydrogen) atoms. The first-order valence-electron chi connectivity index (χ1n) is 9.16. The van der Waals surface area contributed by atoms with Gasteiger partial charge in [-0.25, -0.2) is 0 Å². The van der Waals surface area contributed by atoms with Crippen molar-refractivity contribution in [2.24, 2.45) is 0 Å². The third-order valence-corrected chi connectivity index (χ3v) is 4.10. The van der Waals surface area contributed by atoms with Gasteiger partial charge >= 0.3 is 0 Å². The lowest BCUT2D eigenvalue weighted by molar-refractivity contribution is -0.722. The molecule has 0 aliphatic rings. The first-order chi connectivity index (χ1) is 12.3. The molecule has 0 aliphatic heterocycles. The van der Waals surface area contributed by atoms with E-state index in [2.05, 4.69) is 26.1 Å². The van der Waals surface area contributed by atoms with Crippen molar-refractivity contribution in [2.45, 2.75) is 45.3 Å². The van der Waals surface area contributed by atoms with Crippen LogP contribution < -0.4 is 10.1 Å². The Bertz CT molecular complexity index is 692. The molecule has 3 N–H and O–H groups in total. The molecule has 1 atom stereocenters. The van der Waals surface area contributed by atoms with Gasteiger partial charge in [-0.1, -0.05) is 42.5 Å². The third kappa shape index (κ3) is 6.98. The first kappa shape index (κ1) is 20.1. The number of quaternary nitrogens is 1. The number of hydrogen-bond acceptors (Lipinski definition) is 3. The number of ether oxygens (including phenoxy) is 1. The minimum atomic E-state index is -0.582. The molecule has 0 aromatic heterocycles. The van der Waals surface area contributed by atoms with Gasteiger partial charge in [0.15, 0.2) is 5.78 Å². The van der Waals surface area contributed by atoms with Crippen LogP contribution >= 0.6 is 0 Å². The van der Waals surface area contributed by atoms with E-state index in [4.69, 9.17) is 4.74 Å². The number of aliphatic hydroxyl groups is 1. The zero-order chi connectivity index (χ0) is 19.0. The summed E-state index contributed by atoms with van der Waals surface area (Å²) in [6, 6.07) is 17.2. The van der Waals surface area contributed by atoms with Gasteiger partial charge in [0.25, 0.3) is 0 Å². The summed E-state index contributed by atoms with van der Waals surface area (Å²) in [6.45, 7) is 7.03. The van der Waals surface area contributed by atoms with Crippen LogP contribution in [0.5, 0.6) is 5.75 Å². The van der Waals surface area contributed by atoms with Crippen molar-refractivity contribution in [2.75, 3.05) is 13.2 Å². The number of carbonyl (C=O) groups is 1. The number of carbonyl (C=O) groups excluding carboxylic acids is 1. The summed E-state index contributed by atoms with van der Waals surface area (Å²) >= 11 is 0. The molecule has 4 nitrogen and oxygen atoms in total. The number of benzene rings is 2. The molecule has 0 bridgehead atoms. The molecule has 0 heterocycles. The molecule has 0 saturated heterocycles. The molecule has 0 saturated carbocycles. The summed E-state index contributed by atoms with van der Waals surface area (Å²) in [5.41, 5.74) is 1.79. The number of hydrogen-bond donors (Lipinski definition) is 2. The zero-order valence-electron chi connectivity index (χ0n) is 15.9. The highest BCUT2D eigenvalue weighted by Crippen LogP contribution is 2.20. The van der Waals surface area contributed by atoms with Crippen LogP contribution in [0.3, 0.4) is 0 Å². The molecule has 0 unspecified atom stereocenters. The maximum Gasteiger partial charge on any atom is 0.166 e. The van der Waals surface area contributed by atoms with Gasteiger partial charge in [-0.15, -0.1) is 0 Å². The Kier molecular flexibility index (Phi) is 7.37. The summed E-state index contributed by atoms with van der Waals surface area (Å²) in [4.78, 5) is 12.6. The van der Waals surface area contributed by atoms with Crippen LogP contribution in [0, 0.1) is 0 Å². The van der Waals surface area contributed by atoms with E-state index in [1.807, 2.05) is 42.5 Å². The van der Waals surface area contributed by atoms with Crippen LogP contribution in [-0.2, 0) is 6.42 Å². The fourth-order valence-corrected chi connectivity index (χ4v) is 2.60. The summed E-state index contributed by atoms with van der Waals surface area (Å²) in [7, 11) is 0. The molecule has 2 aromatic carbocycles. The number of para-hydroxylation sites is 1. The molecule has 0 radical (unpaired) electrons. The van der Waals surface area contributed by atoms with E-state index in [0.717, 1.165) is 5.56 Å². The van der Waals surface area contributed by atoms with Crippen molar-refractivity contribution in [3.63, 3.8) is 0 Å². The van der Waals surface area contributed by atoms with E-state index in [9.17, 15) is 9.90 Å². The third-order valence-electron chi connectivity index (χ3n) is 4.10. The SMILES string of the molecule is CC(C)(C)[NH2+]C[C@H](O)COc1ccccc1C(=O)CCc1ccccc1. The second kappa shape index (κ2) is 9.51. The predicted molar refractivity (Wildman–Crippen MR) is 104 cm³/mol. The van der Waals surface area contributed by atoms with Crippen LogP contribution in [0.2, 0.25) is 0 Å². The predicted octanol–water partition coefficient (Wildman–Crippen LogP) is 2.60. The molecule has 2 rings (SSSR count). The monoisotopic (exact) mass is 356 g/mol. The molecule has 140 valence electrons. The molecule has 0 amide bonds. The Morgan fingerprint density at radius 3 is 2.42 bits per heavy atom. The van der Waals surface area contributed by atoms with Crippen molar-refractivity contribution in [3.8, 4) is 5.75 Å². The summed E-state index contributed by atoms with van der Waals surface area (Å²) in [6.07, 6.45) is 0.559. The Morgan fingerprint density at radius 1 is 1.08 bits per heavy atom. The molecule has 0 spiro atoms. The highest BCUT2D eigenvalue weighted by atomic mass is 16.5. The van der Waals surface area contributed by atoms with E-state index >= 15 is 0 Å². The first-order valence-corrected chi connectivity index (χ1v) is 9.16. The number of rotatable bonds is 9. The lowest BCUT2D eigenvalue weighted by Gasteiger charge is -2.20. The lowest BCUT2D eigenvalue weighted by atomic mass is 10.0. The van der Waals surface area contributed by atoms with E-state index in [-0.39, 0.29) is 17.9 Å². The van der Waals surface area contributed by atoms with E-state index < -0.39 is 6.10 Å². The van der Waals surface area contributed by atoms with Crippen molar-refractivity contribution in [1.29, 1.82) is 0 Å². The van der Waals surface area contributed by atoms with Crippen LogP contribution in [-0.4, -0.2) is 35.7 Å². The molecule has 2 aromatic rings. The average Bonchev–Trinajstić information content (AvgIpc) is 2.63.